The van der Waals surface area contributed by atoms with Gasteiger partial charge < -0.3 is 20.1 Å². The Labute approximate surface area is 155 Å². The number of aliphatic hydroxyl groups is 1. The van der Waals surface area contributed by atoms with Crippen molar-refractivity contribution in [3.05, 3.63) is 46.2 Å². The third-order valence-corrected chi connectivity index (χ3v) is 6.02. The van der Waals surface area contributed by atoms with Crippen LogP contribution in [0.1, 0.15) is 34.1 Å². The average molecular weight is 372 g/mol. The van der Waals surface area contributed by atoms with E-state index in [2.05, 4.69) is 5.32 Å². The number of rotatable bonds is 4. The minimum absolute atomic E-state index is 0.0134. The molecule has 2 heterocycles. The summed E-state index contributed by atoms with van der Waals surface area (Å²) in [7, 11) is 1.68. The molecule has 1 atom stereocenters. The highest BCUT2D eigenvalue weighted by Crippen LogP contribution is 2.40. The van der Waals surface area contributed by atoms with Crippen LogP contribution in [0.5, 0.6) is 5.75 Å². The Morgan fingerprint density at radius 2 is 2.19 bits per heavy atom. The molecule has 1 saturated carbocycles. The van der Waals surface area contributed by atoms with Gasteiger partial charge in [-0.2, -0.15) is 0 Å². The molecule has 26 heavy (non-hydrogen) atoms. The normalized spacial score (nSPS) is 22.8. The predicted molar refractivity (Wildman–Crippen MR) is 98.6 cm³/mol. The van der Waals surface area contributed by atoms with Crippen LogP contribution < -0.4 is 15.0 Å². The molecule has 2 N–H and O–H groups in total. The second kappa shape index (κ2) is 6.74. The van der Waals surface area contributed by atoms with Crippen LogP contribution in [0.4, 0.5) is 5.69 Å². The number of amides is 2. The van der Waals surface area contributed by atoms with Crippen molar-refractivity contribution < 1.29 is 19.4 Å². The van der Waals surface area contributed by atoms with E-state index in [4.69, 9.17) is 4.74 Å². The van der Waals surface area contributed by atoms with E-state index in [-0.39, 0.29) is 36.5 Å². The number of thiophene rings is 1. The monoisotopic (exact) mass is 372 g/mol. The number of nitrogens with zero attached hydrogens (tertiary/aromatic N) is 1. The molecule has 1 aromatic carbocycles. The van der Waals surface area contributed by atoms with Crippen LogP contribution >= 0.6 is 11.3 Å². The molecule has 1 fully saturated rings. The third-order valence-electron chi connectivity index (χ3n) is 5.07. The summed E-state index contributed by atoms with van der Waals surface area (Å²) in [5.41, 5.74) is 1.08. The molecule has 2 aliphatic rings. The zero-order valence-corrected chi connectivity index (χ0v) is 15.2. The molecule has 136 valence electrons. The molecule has 4 rings (SSSR count). The molecule has 7 heteroatoms. The number of aliphatic hydroxyl groups excluding tert-OH is 1. The summed E-state index contributed by atoms with van der Waals surface area (Å²) in [5.74, 6) is 0.493. The average Bonchev–Trinajstić information content (AvgIpc) is 3.14. The number of nitrogens with one attached hydrogen (secondary N) is 1. The second-order valence-corrected chi connectivity index (χ2v) is 7.76. The van der Waals surface area contributed by atoms with E-state index in [9.17, 15) is 14.7 Å². The SMILES string of the molecule is CN1C(=O)COc2ccc(C(=O)N[C@@H](c3cccs3)C3CC(O)C3)cc21. The molecule has 0 bridgehead atoms. The zero-order valence-electron chi connectivity index (χ0n) is 14.3. The van der Waals surface area contributed by atoms with Crippen LogP contribution in [0.2, 0.25) is 0 Å². The fourth-order valence-electron chi connectivity index (χ4n) is 3.43. The Morgan fingerprint density at radius 3 is 2.88 bits per heavy atom. The van der Waals surface area contributed by atoms with Gasteiger partial charge in [0.05, 0.1) is 17.8 Å². The minimum atomic E-state index is -0.278. The van der Waals surface area contributed by atoms with E-state index < -0.39 is 0 Å². The van der Waals surface area contributed by atoms with Gasteiger partial charge in [-0.25, -0.2) is 0 Å². The number of hydrogen-bond acceptors (Lipinski definition) is 5. The Bertz CT molecular complexity index is 830. The highest BCUT2D eigenvalue weighted by atomic mass is 32.1. The Hall–Kier alpha value is -2.38. The van der Waals surface area contributed by atoms with E-state index in [0.717, 1.165) is 4.88 Å². The van der Waals surface area contributed by atoms with Gasteiger partial charge >= 0.3 is 0 Å². The summed E-state index contributed by atoms with van der Waals surface area (Å²) < 4.78 is 5.41. The van der Waals surface area contributed by atoms with Gasteiger partial charge in [0.2, 0.25) is 0 Å². The molecule has 0 spiro atoms. The summed E-state index contributed by atoms with van der Waals surface area (Å²) in [4.78, 5) is 27.2. The van der Waals surface area contributed by atoms with E-state index in [0.29, 0.717) is 29.8 Å². The Morgan fingerprint density at radius 1 is 1.38 bits per heavy atom. The minimum Gasteiger partial charge on any atom is -0.482 e. The van der Waals surface area contributed by atoms with Gasteiger partial charge in [0, 0.05) is 17.5 Å². The summed E-state index contributed by atoms with van der Waals surface area (Å²) in [6, 6.07) is 8.97. The Balaban J connectivity index is 1.56. The van der Waals surface area contributed by atoms with Crippen molar-refractivity contribution in [1.82, 2.24) is 5.32 Å². The first-order valence-electron chi connectivity index (χ1n) is 8.58. The lowest BCUT2D eigenvalue weighted by atomic mass is 9.76. The maximum absolute atomic E-state index is 12.8. The lowest BCUT2D eigenvalue weighted by Gasteiger charge is -2.37. The van der Waals surface area contributed by atoms with E-state index in [1.165, 1.54) is 4.90 Å². The van der Waals surface area contributed by atoms with Gasteiger partial charge in [0.1, 0.15) is 5.75 Å². The molecular weight excluding hydrogens is 352 g/mol. The molecule has 0 saturated heterocycles. The maximum atomic E-state index is 12.8. The predicted octanol–water partition coefficient (Wildman–Crippen LogP) is 2.35. The number of carbonyl (C=O) groups is 2. The standard InChI is InChI=1S/C19H20N2O4S/c1-21-14-9-11(4-5-15(14)25-10-17(21)23)19(24)20-18(12-7-13(22)8-12)16-3-2-6-26-16/h2-6,9,12-13,18,22H,7-8,10H2,1H3,(H,20,24)/t12?,13?,18-/m1/s1. The van der Waals surface area contributed by atoms with E-state index >= 15 is 0 Å². The van der Waals surface area contributed by atoms with Crippen LogP contribution in [-0.4, -0.2) is 36.7 Å². The summed E-state index contributed by atoms with van der Waals surface area (Å²) in [6.45, 7) is 0.0134. The molecule has 2 amide bonds. The smallest absolute Gasteiger partial charge is 0.264 e. The first-order valence-corrected chi connectivity index (χ1v) is 9.46. The fourth-order valence-corrected chi connectivity index (χ4v) is 4.30. The van der Waals surface area contributed by atoms with Crippen molar-refractivity contribution in [2.45, 2.75) is 25.0 Å². The molecular formula is C19H20N2O4S. The Kier molecular flexibility index (Phi) is 4.42. The lowest BCUT2D eigenvalue weighted by Crippen LogP contribution is -2.41. The first kappa shape index (κ1) is 17.1. The molecule has 0 radical (unpaired) electrons. The molecule has 2 aromatic rings. The summed E-state index contributed by atoms with van der Waals surface area (Å²) in [5, 5.41) is 14.7. The van der Waals surface area contributed by atoms with Crippen molar-refractivity contribution in [2.75, 3.05) is 18.6 Å². The van der Waals surface area contributed by atoms with Crippen LogP contribution in [0.3, 0.4) is 0 Å². The van der Waals surface area contributed by atoms with Crippen molar-refractivity contribution in [3.8, 4) is 5.75 Å². The highest BCUT2D eigenvalue weighted by molar-refractivity contribution is 7.10. The zero-order chi connectivity index (χ0) is 18.3. The van der Waals surface area contributed by atoms with Crippen LogP contribution in [0.15, 0.2) is 35.7 Å². The lowest BCUT2D eigenvalue weighted by molar-refractivity contribution is -0.120. The number of carbonyl (C=O) groups excluding carboxylic acids is 2. The van der Waals surface area contributed by atoms with Gasteiger partial charge in [-0.3, -0.25) is 9.59 Å². The molecule has 1 aliphatic heterocycles. The van der Waals surface area contributed by atoms with Crippen LogP contribution in [0.25, 0.3) is 0 Å². The topological polar surface area (TPSA) is 78.9 Å². The van der Waals surface area contributed by atoms with Crippen molar-refractivity contribution >= 4 is 28.8 Å². The third kappa shape index (κ3) is 3.08. The summed E-state index contributed by atoms with van der Waals surface area (Å²) >= 11 is 1.60. The highest BCUT2D eigenvalue weighted by Gasteiger charge is 2.36. The second-order valence-electron chi connectivity index (χ2n) is 6.78. The summed E-state index contributed by atoms with van der Waals surface area (Å²) in [6.07, 6.45) is 1.11. The van der Waals surface area contributed by atoms with Crippen LogP contribution in [0, 0.1) is 5.92 Å². The van der Waals surface area contributed by atoms with Gasteiger partial charge in [-0.1, -0.05) is 6.07 Å². The van der Waals surface area contributed by atoms with Gasteiger partial charge in [-0.05, 0) is 48.4 Å². The number of ether oxygens (including phenoxy) is 1. The van der Waals surface area contributed by atoms with E-state index in [1.807, 2.05) is 17.5 Å². The number of fused-ring (bicyclic) bond motifs is 1. The largest absolute Gasteiger partial charge is 0.482 e. The van der Waals surface area contributed by atoms with Crippen molar-refractivity contribution in [3.63, 3.8) is 0 Å². The van der Waals surface area contributed by atoms with E-state index in [1.54, 1.807) is 36.6 Å². The maximum Gasteiger partial charge on any atom is 0.264 e. The van der Waals surface area contributed by atoms with Gasteiger partial charge in [-0.15, -0.1) is 11.3 Å². The molecule has 6 nitrogen and oxygen atoms in total. The van der Waals surface area contributed by atoms with Gasteiger partial charge in [0.15, 0.2) is 6.61 Å². The quantitative estimate of drug-likeness (QED) is 0.864. The molecule has 0 unspecified atom stereocenters. The first-order chi connectivity index (χ1) is 12.5. The van der Waals surface area contributed by atoms with Gasteiger partial charge in [0.25, 0.3) is 11.8 Å². The number of benzene rings is 1. The van der Waals surface area contributed by atoms with Crippen molar-refractivity contribution in [2.24, 2.45) is 5.92 Å². The number of hydrogen-bond donors (Lipinski definition) is 2. The number of anilines is 1. The van der Waals surface area contributed by atoms with Crippen molar-refractivity contribution in [1.29, 1.82) is 0 Å². The molecule has 1 aliphatic carbocycles. The van der Waals surface area contributed by atoms with Crippen LogP contribution in [-0.2, 0) is 4.79 Å². The molecule has 1 aromatic heterocycles. The fraction of sp³-hybridized carbons (Fsp3) is 0.368. The number of likely N-dealkylation sites (N-methyl/N-ethyl adjacent to an activating group) is 1.